The van der Waals surface area contributed by atoms with E-state index in [1.807, 2.05) is 43.3 Å². The quantitative estimate of drug-likeness (QED) is 0.860. The zero-order valence-electron chi connectivity index (χ0n) is 14.8. The van der Waals surface area contributed by atoms with Crippen LogP contribution in [0.15, 0.2) is 48.5 Å². The Kier molecular flexibility index (Phi) is 6.59. The lowest BCUT2D eigenvalue weighted by Crippen LogP contribution is -2.47. The number of nitrogens with one attached hydrogen (secondary N) is 1. The molecule has 2 amide bonds. The van der Waals surface area contributed by atoms with Crippen molar-refractivity contribution in [3.63, 3.8) is 0 Å². The molecule has 0 aliphatic heterocycles. The number of halogens is 1. The molecule has 0 aliphatic rings. The fourth-order valence-electron chi connectivity index (χ4n) is 2.68. The predicted molar refractivity (Wildman–Crippen MR) is 100 cm³/mol. The fourth-order valence-corrected chi connectivity index (χ4v) is 2.80. The minimum atomic E-state index is -0.557. The van der Waals surface area contributed by atoms with Crippen molar-refractivity contribution in [1.29, 1.82) is 0 Å². The maximum atomic E-state index is 12.9. The Balaban J connectivity index is 2.21. The van der Waals surface area contributed by atoms with E-state index in [-0.39, 0.29) is 18.2 Å². The molecular weight excluding hydrogens is 336 g/mol. The third kappa shape index (κ3) is 5.33. The summed E-state index contributed by atoms with van der Waals surface area (Å²) in [4.78, 5) is 26.6. The minimum absolute atomic E-state index is 0.0864. The topological polar surface area (TPSA) is 49.4 Å². The van der Waals surface area contributed by atoms with Crippen LogP contribution in [0.2, 0.25) is 5.02 Å². The number of rotatable bonds is 6. The second-order valence-corrected chi connectivity index (χ2v) is 6.54. The van der Waals surface area contributed by atoms with Crippen molar-refractivity contribution in [2.45, 2.75) is 32.9 Å². The summed E-state index contributed by atoms with van der Waals surface area (Å²) in [6.07, 6.45) is 0.261. The Labute approximate surface area is 153 Å². The van der Waals surface area contributed by atoms with Crippen LogP contribution >= 0.6 is 11.6 Å². The van der Waals surface area contributed by atoms with Gasteiger partial charge >= 0.3 is 0 Å². The van der Waals surface area contributed by atoms with Crippen molar-refractivity contribution >= 4 is 23.4 Å². The highest BCUT2D eigenvalue weighted by Crippen LogP contribution is 2.15. The zero-order chi connectivity index (χ0) is 18.4. The lowest BCUT2D eigenvalue weighted by atomic mass is 10.1. The first kappa shape index (κ1) is 19.0. The molecule has 0 aromatic heterocycles. The van der Waals surface area contributed by atoms with E-state index in [1.54, 1.807) is 31.0 Å². The van der Waals surface area contributed by atoms with Gasteiger partial charge in [-0.3, -0.25) is 9.59 Å². The van der Waals surface area contributed by atoms with E-state index < -0.39 is 6.04 Å². The summed E-state index contributed by atoms with van der Waals surface area (Å²) in [6.45, 7) is 4.09. The molecule has 0 saturated heterocycles. The molecule has 0 bridgehead atoms. The molecule has 0 fully saturated rings. The van der Waals surface area contributed by atoms with Crippen molar-refractivity contribution < 1.29 is 9.59 Å². The van der Waals surface area contributed by atoms with E-state index in [9.17, 15) is 9.59 Å². The fraction of sp³-hybridized carbons (Fsp3) is 0.300. The number of likely N-dealkylation sites (N-methyl/N-ethyl adjacent to an activating group) is 1. The van der Waals surface area contributed by atoms with Gasteiger partial charge in [0.2, 0.25) is 11.8 Å². The van der Waals surface area contributed by atoms with Gasteiger partial charge in [0.25, 0.3) is 0 Å². The van der Waals surface area contributed by atoms with E-state index in [0.717, 1.165) is 16.7 Å². The molecule has 2 aromatic carbocycles. The standard InChI is InChI=1S/C20H23ClN2O2/c1-14-5-4-6-17(11-14)12-19(24)23(15(2)20(25)22-3)13-16-7-9-18(21)10-8-16/h4-11,15H,12-13H2,1-3H3,(H,22,25)/t15-/m0/s1. The van der Waals surface area contributed by atoms with Crippen LogP contribution in [-0.4, -0.2) is 29.8 Å². The first-order valence-corrected chi connectivity index (χ1v) is 8.59. The van der Waals surface area contributed by atoms with Gasteiger partial charge in [-0.1, -0.05) is 53.6 Å². The molecule has 0 spiro atoms. The predicted octanol–water partition coefficient (Wildman–Crippen LogP) is 3.35. The molecule has 0 aliphatic carbocycles. The molecule has 2 rings (SSSR count). The van der Waals surface area contributed by atoms with Gasteiger partial charge in [-0.2, -0.15) is 0 Å². The number of benzene rings is 2. The van der Waals surface area contributed by atoms with Crippen LogP contribution in [0.4, 0.5) is 0 Å². The SMILES string of the molecule is CNC(=O)[C@H](C)N(Cc1ccc(Cl)cc1)C(=O)Cc1cccc(C)c1. The molecule has 4 nitrogen and oxygen atoms in total. The minimum Gasteiger partial charge on any atom is -0.357 e. The number of nitrogens with zero attached hydrogens (tertiary/aromatic N) is 1. The normalized spacial score (nSPS) is 11.7. The summed E-state index contributed by atoms with van der Waals surface area (Å²) in [7, 11) is 1.57. The van der Waals surface area contributed by atoms with E-state index in [1.165, 1.54) is 0 Å². The summed E-state index contributed by atoms with van der Waals surface area (Å²) in [5, 5.41) is 3.25. The monoisotopic (exact) mass is 358 g/mol. The van der Waals surface area contributed by atoms with Crippen LogP contribution < -0.4 is 5.32 Å². The molecule has 1 N–H and O–H groups in total. The van der Waals surface area contributed by atoms with Crippen LogP contribution in [-0.2, 0) is 22.6 Å². The highest BCUT2D eigenvalue weighted by atomic mass is 35.5. The number of carbonyl (C=O) groups is 2. The van der Waals surface area contributed by atoms with Crippen LogP contribution in [0, 0.1) is 6.92 Å². The van der Waals surface area contributed by atoms with Crippen LogP contribution in [0.3, 0.4) is 0 Å². The average Bonchev–Trinajstić information content (AvgIpc) is 2.59. The molecular formula is C20H23ClN2O2. The molecule has 0 unspecified atom stereocenters. The summed E-state index contributed by atoms with van der Waals surface area (Å²) >= 11 is 5.92. The van der Waals surface area contributed by atoms with Gasteiger partial charge in [0.15, 0.2) is 0 Å². The van der Waals surface area contributed by atoms with Gasteiger partial charge in [0.1, 0.15) is 6.04 Å². The average molecular weight is 359 g/mol. The number of amides is 2. The first-order valence-electron chi connectivity index (χ1n) is 8.21. The molecule has 0 saturated carbocycles. The number of carbonyl (C=O) groups excluding carboxylic acids is 2. The maximum Gasteiger partial charge on any atom is 0.242 e. The molecule has 2 aromatic rings. The Bertz CT molecular complexity index is 744. The third-order valence-electron chi connectivity index (χ3n) is 4.12. The van der Waals surface area contributed by atoms with Gasteiger partial charge in [0, 0.05) is 18.6 Å². The molecule has 1 atom stereocenters. The van der Waals surface area contributed by atoms with Crippen molar-refractivity contribution in [2.75, 3.05) is 7.05 Å². The number of hydrogen-bond acceptors (Lipinski definition) is 2. The number of hydrogen-bond donors (Lipinski definition) is 1. The van der Waals surface area contributed by atoms with Gasteiger partial charge in [-0.15, -0.1) is 0 Å². The van der Waals surface area contributed by atoms with Gasteiger partial charge in [-0.25, -0.2) is 0 Å². The van der Waals surface area contributed by atoms with Gasteiger partial charge in [0.05, 0.1) is 6.42 Å². The van der Waals surface area contributed by atoms with E-state index in [4.69, 9.17) is 11.6 Å². The summed E-state index contributed by atoms with van der Waals surface area (Å²) in [5.74, 6) is -0.275. The first-order chi connectivity index (χ1) is 11.9. The Morgan fingerprint density at radius 3 is 2.40 bits per heavy atom. The molecule has 0 radical (unpaired) electrons. The maximum absolute atomic E-state index is 12.9. The second kappa shape index (κ2) is 8.67. The van der Waals surface area contributed by atoms with Crippen molar-refractivity contribution in [3.05, 3.63) is 70.2 Å². The lowest BCUT2D eigenvalue weighted by molar-refractivity contribution is -0.139. The van der Waals surface area contributed by atoms with E-state index in [0.29, 0.717) is 11.6 Å². The van der Waals surface area contributed by atoms with Crippen LogP contribution in [0.5, 0.6) is 0 Å². The second-order valence-electron chi connectivity index (χ2n) is 6.10. The Morgan fingerprint density at radius 2 is 1.80 bits per heavy atom. The van der Waals surface area contributed by atoms with Crippen LogP contribution in [0.1, 0.15) is 23.6 Å². The highest BCUT2D eigenvalue weighted by molar-refractivity contribution is 6.30. The van der Waals surface area contributed by atoms with E-state index in [2.05, 4.69) is 5.32 Å². The van der Waals surface area contributed by atoms with Crippen LogP contribution in [0.25, 0.3) is 0 Å². The molecule has 0 heterocycles. The Morgan fingerprint density at radius 1 is 1.12 bits per heavy atom. The van der Waals surface area contributed by atoms with Crippen molar-refractivity contribution in [3.8, 4) is 0 Å². The summed E-state index contributed by atoms with van der Waals surface area (Å²) < 4.78 is 0. The third-order valence-corrected chi connectivity index (χ3v) is 4.37. The largest absolute Gasteiger partial charge is 0.357 e. The molecule has 132 valence electrons. The van der Waals surface area contributed by atoms with E-state index >= 15 is 0 Å². The van der Waals surface area contributed by atoms with Crippen molar-refractivity contribution in [2.24, 2.45) is 0 Å². The smallest absolute Gasteiger partial charge is 0.242 e. The van der Waals surface area contributed by atoms with Gasteiger partial charge in [-0.05, 0) is 37.1 Å². The number of aryl methyl sites for hydroxylation is 1. The van der Waals surface area contributed by atoms with Crippen molar-refractivity contribution in [1.82, 2.24) is 10.2 Å². The molecule has 25 heavy (non-hydrogen) atoms. The zero-order valence-corrected chi connectivity index (χ0v) is 15.5. The summed E-state index contributed by atoms with van der Waals surface area (Å²) in [5.41, 5.74) is 2.97. The van der Waals surface area contributed by atoms with Gasteiger partial charge < -0.3 is 10.2 Å². The lowest BCUT2D eigenvalue weighted by Gasteiger charge is -2.28. The Hall–Kier alpha value is -2.33. The highest BCUT2D eigenvalue weighted by Gasteiger charge is 2.25. The molecule has 5 heteroatoms. The summed E-state index contributed by atoms with van der Waals surface area (Å²) in [6, 6.07) is 14.6.